The summed E-state index contributed by atoms with van der Waals surface area (Å²) in [6.07, 6.45) is 0. The van der Waals surface area contributed by atoms with Gasteiger partial charge in [0.15, 0.2) is 0 Å². The molecule has 0 saturated heterocycles. The van der Waals surface area contributed by atoms with E-state index >= 15 is 0 Å². The highest BCUT2D eigenvalue weighted by molar-refractivity contribution is 9.10. The summed E-state index contributed by atoms with van der Waals surface area (Å²) in [5.41, 5.74) is 15.3. The van der Waals surface area contributed by atoms with E-state index in [0.717, 1.165) is 12.1 Å². The molecule has 21 heavy (non-hydrogen) atoms. The Labute approximate surface area is 128 Å². The van der Waals surface area contributed by atoms with Gasteiger partial charge < -0.3 is 17.2 Å². The topological polar surface area (TPSA) is 150 Å². The highest BCUT2D eigenvalue weighted by atomic mass is 79.9. The van der Waals surface area contributed by atoms with Crippen molar-refractivity contribution in [3.8, 4) is 0 Å². The van der Waals surface area contributed by atoms with Gasteiger partial charge in [-0.05, 0) is 28.1 Å². The SMILES string of the molecule is NC(=O)CN(CC(N)=O)S(=O)(=O)c1cc(N)c(Br)cc1F. The summed E-state index contributed by atoms with van der Waals surface area (Å²) in [6.45, 7) is -1.64. The van der Waals surface area contributed by atoms with Crippen LogP contribution in [0, 0.1) is 5.82 Å². The van der Waals surface area contributed by atoms with Crippen molar-refractivity contribution in [2.75, 3.05) is 18.8 Å². The molecule has 8 nitrogen and oxygen atoms in total. The molecule has 0 aromatic heterocycles. The monoisotopic (exact) mass is 382 g/mol. The summed E-state index contributed by atoms with van der Waals surface area (Å²) in [7, 11) is -4.51. The Hall–Kier alpha value is -1.72. The molecule has 116 valence electrons. The molecule has 0 bridgehead atoms. The number of carbonyl (C=O) groups excluding carboxylic acids is 2. The number of hydrogen-bond donors (Lipinski definition) is 3. The molecule has 0 unspecified atom stereocenters. The Kier molecular flexibility index (Phi) is 5.25. The van der Waals surface area contributed by atoms with Crippen LogP contribution in [0.1, 0.15) is 0 Å². The first-order chi connectivity index (χ1) is 9.55. The molecule has 11 heteroatoms. The summed E-state index contributed by atoms with van der Waals surface area (Å²) >= 11 is 2.94. The molecular weight excluding hydrogens is 371 g/mol. The molecule has 1 aromatic rings. The summed E-state index contributed by atoms with van der Waals surface area (Å²) in [4.78, 5) is 21.0. The minimum absolute atomic E-state index is 0.0342. The fourth-order valence-corrected chi connectivity index (χ4v) is 3.22. The molecule has 0 atom stereocenters. The van der Waals surface area contributed by atoms with E-state index in [1.807, 2.05) is 0 Å². The van der Waals surface area contributed by atoms with Crippen LogP contribution in [0.2, 0.25) is 0 Å². The maximum atomic E-state index is 13.8. The maximum absolute atomic E-state index is 13.8. The molecule has 0 radical (unpaired) electrons. The Morgan fingerprint density at radius 2 is 1.67 bits per heavy atom. The minimum Gasteiger partial charge on any atom is -0.398 e. The molecule has 1 rings (SSSR count). The van der Waals surface area contributed by atoms with E-state index in [1.54, 1.807) is 0 Å². The zero-order chi connectivity index (χ0) is 16.4. The van der Waals surface area contributed by atoms with E-state index in [4.69, 9.17) is 17.2 Å². The lowest BCUT2D eigenvalue weighted by Gasteiger charge is -2.20. The maximum Gasteiger partial charge on any atom is 0.247 e. The highest BCUT2D eigenvalue weighted by Crippen LogP contribution is 2.27. The van der Waals surface area contributed by atoms with E-state index in [-0.39, 0.29) is 10.2 Å². The lowest BCUT2D eigenvalue weighted by Crippen LogP contribution is -2.43. The van der Waals surface area contributed by atoms with Gasteiger partial charge in [0.05, 0.1) is 13.1 Å². The van der Waals surface area contributed by atoms with Crippen LogP contribution in [0.25, 0.3) is 0 Å². The fraction of sp³-hybridized carbons (Fsp3) is 0.200. The molecule has 6 N–H and O–H groups in total. The van der Waals surface area contributed by atoms with Gasteiger partial charge in [0.2, 0.25) is 21.8 Å². The number of primary amides is 2. The molecule has 0 fully saturated rings. The second-order valence-corrected chi connectivity index (χ2v) is 6.77. The van der Waals surface area contributed by atoms with Crippen molar-refractivity contribution in [2.45, 2.75) is 4.90 Å². The first-order valence-corrected chi connectivity index (χ1v) is 7.60. The lowest BCUT2D eigenvalue weighted by molar-refractivity contribution is -0.120. The van der Waals surface area contributed by atoms with Crippen LogP contribution in [-0.2, 0) is 19.6 Å². The molecular formula is C10H12BrFN4O4S. The molecule has 0 heterocycles. The number of amides is 2. The fourth-order valence-electron chi connectivity index (χ4n) is 1.46. The molecule has 0 spiro atoms. The third kappa shape index (κ3) is 4.12. The van der Waals surface area contributed by atoms with Gasteiger partial charge >= 0.3 is 0 Å². The van der Waals surface area contributed by atoms with E-state index in [2.05, 4.69) is 15.9 Å². The number of halogens is 2. The van der Waals surface area contributed by atoms with Crippen LogP contribution in [0.3, 0.4) is 0 Å². The molecule has 2 amide bonds. The molecule has 0 aliphatic heterocycles. The zero-order valence-electron chi connectivity index (χ0n) is 10.5. The predicted molar refractivity (Wildman–Crippen MR) is 75.7 cm³/mol. The zero-order valence-corrected chi connectivity index (χ0v) is 12.9. The van der Waals surface area contributed by atoms with Gasteiger partial charge in [0, 0.05) is 10.2 Å². The van der Waals surface area contributed by atoms with Gasteiger partial charge in [-0.25, -0.2) is 12.8 Å². The largest absolute Gasteiger partial charge is 0.398 e. The van der Waals surface area contributed by atoms with Gasteiger partial charge in [-0.2, -0.15) is 4.31 Å². The Morgan fingerprint density at radius 3 is 2.10 bits per heavy atom. The number of benzene rings is 1. The summed E-state index contributed by atoms with van der Waals surface area (Å²) in [5.74, 6) is -3.15. The number of rotatable bonds is 6. The average Bonchev–Trinajstić information content (AvgIpc) is 2.31. The normalized spacial score (nSPS) is 11.6. The summed E-state index contributed by atoms with van der Waals surface area (Å²) in [6, 6.07) is 1.72. The van der Waals surface area contributed by atoms with Gasteiger partial charge in [-0.15, -0.1) is 0 Å². The van der Waals surface area contributed by atoms with Crippen molar-refractivity contribution in [1.82, 2.24) is 4.31 Å². The second-order valence-electron chi connectivity index (χ2n) is 4.01. The van der Waals surface area contributed by atoms with Crippen LogP contribution in [0.4, 0.5) is 10.1 Å². The number of hydrogen-bond acceptors (Lipinski definition) is 5. The highest BCUT2D eigenvalue weighted by Gasteiger charge is 2.30. The lowest BCUT2D eigenvalue weighted by atomic mass is 10.3. The first-order valence-electron chi connectivity index (χ1n) is 5.37. The van der Waals surface area contributed by atoms with E-state index in [0.29, 0.717) is 4.31 Å². The predicted octanol–water partition coefficient (Wildman–Crippen LogP) is -0.868. The van der Waals surface area contributed by atoms with Crippen LogP contribution in [-0.4, -0.2) is 37.6 Å². The Morgan fingerprint density at radius 1 is 1.19 bits per heavy atom. The average molecular weight is 383 g/mol. The molecule has 0 aliphatic rings. The van der Waals surface area contributed by atoms with Crippen LogP contribution < -0.4 is 17.2 Å². The number of sulfonamides is 1. The number of nitrogens with two attached hydrogens (primary N) is 3. The molecule has 0 saturated carbocycles. The summed E-state index contributed by atoms with van der Waals surface area (Å²) in [5, 5.41) is 0. The number of nitrogens with zero attached hydrogens (tertiary/aromatic N) is 1. The van der Waals surface area contributed by atoms with Crippen molar-refractivity contribution in [3.63, 3.8) is 0 Å². The van der Waals surface area contributed by atoms with Crippen molar-refractivity contribution in [1.29, 1.82) is 0 Å². The standard InChI is InChI=1S/C10H12BrFN4O4S/c11-5-1-6(12)8(2-7(5)13)21(19,20)16(3-9(14)17)4-10(15)18/h1-2H,3-4,13H2,(H2,14,17)(H2,15,18). The number of nitrogen functional groups attached to an aromatic ring is 1. The van der Waals surface area contributed by atoms with Crippen LogP contribution in [0.5, 0.6) is 0 Å². The second kappa shape index (κ2) is 6.37. The number of carbonyl (C=O) groups is 2. The van der Waals surface area contributed by atoms with E-state index in [1.165, 1.54) is 0 Å². The Balaban J connectivity index is 3.38. The van der Waals surface area contributed by atoms with Crippen molar-refractivity contribution < 1.29 is 22.4 Å². The van der Waals surface area contributed by atoms with Gasteiger partial charge in [0.25, 0.3) is 0 Å². The molecule has 1 aromatic carbocycles. The summed E-state index contributed by atoms with van der Waals surface area (Å²) < 4.78 is 39.0. The van der Waals surface area contributed by atoms with E-state index < -0.39 is 45.6 Å². The Bertz CT molecular complexity index is 679. The quantitative estimate of drug-likeness (QED) is 0.546. The molecule has 0 aliphatic carbocycles. The van der Waals surface area contributed by atoms with Crippen molar-refractivity contribution in [2.24, 2.45) is 11.5 Å². The van der Waals surface area contributed by atoms with Gasteiger partial charge in [-0.3, -0.25) is 9.59 Å². The van der Waals surface area contributed by atoms with Gasteiger partial charge in [0.1, 0.15) is 10.7 Å². The van der Waals surface area contributed by atoms with Crippen molar-refractivity contribution >= 4 is 43.5 Å². The van der Waals surface area contributed by atoms with Gasteiger partial charge in [-0.1, -0.05) is 0 Å². The third-order valence-corrected chi connectivity index (χ3v) is 4.83. The van der Waals surface area contributed by atoms with Crippen molar-refractivity contribution in [3.05, 3.63) is 22.4 Å². The minimum atomic E-state index is -4.51. The first kappa shape index (κ1) is 17.3. The van der Waals surface area contributed by atoms with Crippen LogP contribution in [0.15, 0.2) is 21.5 Å². The number of anilines is 1. The van der Waals surface area contributed by atoms with Crippen LogP contribution >= 0.6 is 15.9 Å². The smallest absolute Gasteiger partial charge is 0.247 e. The third-order valence-electron chi connectivity index (χ3n) is 2.33. The van der Waals surface area contributed by atoms with E-state index in [9.17, 15) is 22.4 Å².